The molecule has 2 fully saturated rings. The summed E-state index contributed by atoms with van der Waals surface area (Å²) < 4.78 is 13.2. The highest BCUT2D eigenvalue weighted by Gasteiger charge is 2.40. The molecule has 0 N–H and O–H groups in total. The molecule has 4 nitrogen and oxygen atoms in total. The summed E-state index contributed by atoms with van der Waals surface area (Å²) in [5.41, 5.74) is 0.315. The molecule has 94 valence electrons. The molecule has 3 amide bonds. The first kappa shape index (κ1) is 11.2. The lowest BCUT2D eigenvalue weighted by molar-refractivity contribution is -0.119. The van der Waals surface area contributed by atoms with Gasteiger partial charge in [-0.3, -0.25) is 4.79 Å². The fourth-order valence-corrected chi connectivity index (χ4v) is 2.25. The fourth-order valence-electron chi connectivity index (χ4n) is 2.25. The van der Waals surface area contributed by atoms with Crippen molar-refractivity contribution in [3.63, 3.8) is 0 Å². The van der Waals surface area contributed by atoms with Crippen LogP contribution in [-0.2, 0) is 4.79 Å². The summed E-state index contributed by atoms with van der Waals surface area (Å²) in [6.07, 6.45) is 2.30. The highest BCUT2D eigenvalue weighted by Crippen LogP contribution is 2.31. The lowest BCUT2D eigenvalue weighted by atomic mass is 10.2. The third kappa shape index (κ3) is 1.85. The first-order chi connectivity index (χ1) is 8.66. The molecular formula is C13H13FN2O2. The van der Waals surface area contributed by atoms with Crippen LogP contribution in [0, 0.1) is 5.82 Å². The highest BCUT2D eigenvalue weighted by atomic mass is 19.1. The van der Waals surface area contributed by atoms with Crippen molar-refractivity contribution in [2.45, 2.75) is 25.3 Å². The molecule has 0 aromatic heterocycles. The van der Waals surface area contributed by atoms with E-state index in [-0.39, 0.29) is 18.0 Å². The molecule has 1 saturated heterocycles. The van der Waals surface area contributed by atoms with Gasteiger partial charge in [0.1, 0.15) is 5.82 Å². The number of hydrogen-bond donors (Lipinski definition) is 0. The Morgan fingerprint density at radius 3 is 2.67 bits per heavy atom. The van der Waals surface area contributed by atoms with Gasteiger partial charge in [0.15, 0.2) is 0 Å². The lowest BCUT2D eigenvalue weighted by Crippen LogP contribution is -2.53. The molecule has 18 heavy (non-hydrogen) atoms. The minimum atomic E-state index is -0.448. The van der Waals surface area contributed by atoms with Gasteiger partial charge in [0, 0.05) is 19.0 Å². The average Bonchev–Trinajstić information content (AvgIpc) is 3.13. The van der Waals surface area contributed by atoms with Crippen molar-refractivity contribution in [3.8, 4) is 0 Å². The standard InChI is InChI=1S/C13H13FN2O2/c14-9-2-1-3-11(8-9)16-12(17)6-7-15(13(16)18)10-4-5-10/h1-3,8,10H,4-7H2. The van der Waals surface area contributed by atoms with Gasteiger partial charge in [0.05, 0.1) is 5.69 Å². The summed E-state index contributed by atoms with van der Waals surface area (Å²) in [6.45, 7) is 0.480. The summed E-state index contributed by atoms with van der Waals surface area (Å²) in [4.78, 5) is 26.9. The molecule has 1 heterocycles. The van der Waals surface area contributed by atoms with Gasteiger partial charge in [-0.25, -0.2) is 14.1 Å². The number of rotatable bonds is 2. The van der Waals surface area contributed by atoms with E-state index < -0.39 is 5.82 Å². The van der Waals surface area contributed by atoms with Gasteiger partial charge >= 0.3 is 6.03 Å². The van der Waals surface area contributed by atoms with Gasteiger partial charge in [-0.1, -0.05) is 6.07 Å². The van der Waals surface area contributed by atoms with E-state index in [4.69, 9.17) is 0 Å². The largest absolute Gasteiger partial charge is 0.331 e. The molecule has 1 saturated carbocycles. The Labute approximate surface area is 104 Å². The maximum Gasteiger partial charge on any atom is 0.331 e. The molecule has 0 atom stereocenters. The lowest BCUT2D eigenvalue weighted by Gasteiger charge is -2.34. The van der Waals surface area contributed by atoms with E-state index >= 15 is 0 Å². The van der Waals surface area contributed by atoms with Crippen LogP contribution in [0.2, 0.25) is 0 Å². The zero-order valence-electron chi connectivity index (χ0n) is 9.80. The summed E-state index contributed by atoms with van der Waals surface area (Å²) in [7, 11) is 0. The molecular weight excluding hydrogens is 235 g/mol. The molecule has 1 aromatic carbocycles. The van der Waals surface area contributed by atoms with E-state index in [1.165, 1.54) is 18.2 Å². The van der Waals surface area contributed by atoms with Gasteiger partial charge in [0.25, 0.3) is 0 Å². The normalized spacial score (nSPS) is 20.5. The van der Waals surface area contributed by atoms with Crippen LogP contribution in [0.4, 0.5) is 14.9 Å². The Morgan fingerprint density at radius 2 is 2.00 bits per heavy atom. The van der Waals surface area contributed by atoms with Crippen LogP contribution in [0.1, 0.15) is 19.3 Å². The van der Waals surface area contributed by atoms with Crippen LogP contribution in [0.15, 0.2) is 24.3 Å². The molecule has 3 rings (SSSR count). The van der Waals surface area contributed by atoms with E-state index in [0.29, 0.717) is 18.7 Å². The Morgan fingerprint density at radius 1 is 1.22 bits per heavy atom. The highest BCUT2D eigenvalue weighted by molar-refractivity contribution is 6.15. The first-order valence-electron chi connectivity index (χ1n) is 6.06. The molecule has 0 unspecified atom stereocenters. The zero-order valence-corrected chi connectivity index (χ0v) is 9.80. The Kier molecular flexibility index (Phi) is 2.54. The summed E-state index contributed by atoms with van der Waals surface area (Å²) in [5, 5.41) is 0. The molecule has 0 bridgehead atoms. The van der Waals surface area contributed by atoms with Gasteiger partial charge in [0.2, 0.25) is 5.91 Å². The molecule has 0 spiro atoms. The molecule has 2 aliphatic rings. The number of carbonyl (C=O) groups excluding carboxylic acids is 2. The van der Waals surface area contributed by atoms with Crippen molar-refractivity contribution in [1.82, 2.24) is 4.90 Å². The molecule has 1 aliphatic carbocycles. The van der Waals surface area contributed by atoms with Gasteiger partial charge in [-0.15, -0.1) is 0 Å². The average molecular weight is 248 g/mol. The number of halogens is 1. The monoisotopic (exact) mass is 248 g/mol. The fraction of sp³-hybridized carbons (Fsp3) is 0.385. The van der Waals surface area contributed by atoms with Crippen molar-refractivity contribution in [3.05, 3.63) is 30.1 Å². The van der Waals surface area contributed by atoms with Crippen LogP contribution in [0.5, 0.6) is 0 Å². The number of urea groups is 1. The third-order valence-corrected chi connectivity index (χ3v) is 3.31. The van der Waals surface area contributed by atoms with Crippen molar-refractivity contribution in [1.29, 1.82) is 0 Å². The summed E-state index contributed by atoms with van der Waals surface area (Å²) in [6, 6.07) is 5.53. The van der Waals surface area contributed by atoms with Gasteiger partial charge in [-0.2, -0.15) is 0 Å². The second-order valence-electron chi connectivity index (χ2n) is 4.67. The minimum Gasteiger partial charge on any atom is -0.320 e. The van der Waals surface area contributed by atoms with E-state index in [1.54, 1.807) is 11.0 Å². The minimum absolute atomic E-state index is 0.262. The quantitative estimate of drug-likeness (QED) is 0.804. The zero-order chi connectivity index (χ0) is 12.7. The van der Waals surface area contributed by atoms with Crippen LogP contribution in [0.25, 0.3) is 0 Å². The molecule has 5 heteroatoms. The van der Waals surface area contributed by atoms with E-state index in [1.807, 2.05) is 0 Å². The van der Waals surface area contributed by atoms with Crippen LogP contribution < -0.4 is 4.90 Å². The van der Waals surface area contributed by atoms with Gasteiger partial charge in [-0.05, 0) is 31.0 Å². The van der Waals surface area contributed by atoms with Crippen molar-refractivity contribution in [2.24, 2.45) is 0 Å². The van der Waals surface area contributed by atoms with E-state index in [2.05, 4.69) is 0 Å². The van der Waals surface area contributed by atoms with Crippen molar-refractivity contribution < 1.29 is 14.0 Å². The summed E-state index contributed by atoms with van der Waals surface area (Å²) in [5.74, 6) is -0.709. The van der Waals surface area contributed by atoms with Crippen LogP contribution in [-0.4, -0.2) is 29.4 Å². The summed E-state index contributed by atoms with van der Waals surface area (Å²) >= 11 is 0. The maximum absolute atomic E-state index is 13.2. The predicted molar refractivity (Wildman–Crippen MR) is 63.6 cm³/mol. The predicted octanol–water partition coefficient (Wildman–Crippen LogP) is 2.15. The SMILES string of the molecule is O=C1CCN(C2CC2)C(=O)N1c1cccc(F)c1. The Balaban J connectivity index is 1.92. The first-order valence-corrected chi connectivity index (χ1v) is 6.06. The number of amides is 3. The smallest absolute Gasteiger partial charge is 0.320 e. The van der Waals surface area contributed by atoms with Crippen LogP contribution in [0.3, 0.4) is 0 Å². The number of hydrogen-bond acceptors (Lipinski definition) is 2. The van der Waals surface area contributed by atoms with Crippen molar-refractivity contribution >= 4 is 17.6 Å². The van der Waals surface area contributed by atoms with E-state index in [0.717, 1.165) is 17.7 Å². The molecule has 1 aliphatic heterocycles. The number of anilines is 1. The third-order valence-electron chi connectivity index (χ3n) is 3.31. The second kappa shape index (κ2) is 4.08. The Hall–Kier alpha value is -1.91. The second-order valence-corrected chi connectivity index (χ2v) is 4.67. The molecule has 1 aromatic rings. The number of benzene rings is 1. The Bertz CT molecular complexity index is 513. The van der Waals surface area contributed by atoms with E-state index in [9.17, 15) is 14.0 Å². The van der Waals surface area contributed by atoms with Crippen molar-refractivity contribution in [2.75, 3.05) is 11.4 Å². The number of imide groups is 1. The number of nitrogens with zero attached hydrogens (tertiary/aromatic N) is 2. The van der Waals surface area contributed by atoms with Crippen LogP contribution >= 0.6 is 0 Å². The maximum atomic E-state index is 13.2. The van der Waals surface area contributed by atoms with Gasteiger partial charge < -0.3 is 4.90 Å². The molecule has 0 radical (unpaired) electrons. The number of carbonyl (C=O) groups is 2. The topological polar surface area (TPSA) is 40.6 Å².